The van der Waals surface area contributed by atoms with Gasteiger partial charge in [0.25, 0.3) is 0 Å². The fraction of sp³-hybridized carbons (Fsp3) is 1.00. The van der Waals surface area contributed by atoms with Gasteiger partial charge in [0.2, 0.25) is 0 Å². The van der Waals surface area contributed by atoms with Gasteiger partial charge in [-0.05, 0) is 37.1 Å². The molecule has 1 heteroatoms. The van der Waals surface area contributed by atoms with Crippen LogP contribution in [0.4, 0.5) is 0 Å². The SMILES string of the molecule is CC(C)CCC(CCN)C(C)C. The van der Waals surface area contributed by atoms with Gasteiger partial charge in [-0.3, -0.25) is 0 Å². The topological polar surface area (TPSA) is 26.0 Å². The molecule has 0 spiro atoms. The third-order valence-electron chi connectivity index (χ3n) is 2.60. The maximum Gasteiger partial charge on any atom is -0.00745 e. The highest BCUT2D eigenvalue weighted by atomic mass is 14.5. The summed E-state index contributed by atoms with van der Waals surface area (Å²) < 4.78 is 0. The van der Waals surface area contributed by atoms with Crippen LogP contribution in [0.1, 0.15) is 47.0 Å². The predicted molar refractivity (Wildman–Crippen MR) is 56.1 cm³/mol. The Balaban J connectivity index is 3.63. The van der Waals surface area contributed by atoms with Gasteiger partial charge in [-0.1, -0.05) is 34.1 Å². The molecule has 0 amide bonds. The molecule has 0 saturated heterocycles. The van der Waals surface area contributed by atoms with Crippen molar-refractivity contribution in [3.05, 3.63) is 0 Å². The van der Waals surface area contributed by atoms with Crippen LogP contribution < -0.4 is 5.73 Å². The van der Waals surface area contributed by atoms with E-state index in [2.05, 4.69) is 27.7 Å². The summed E-state index contributed by atoms with van der Waals surface area (Å²) in [6.45, 7) is 10.0. The van der Waals surface area contributed by atoms with Crippen molar-refractivity contribution in [2.75, 3.05) is 6.54 Å². The van der Waals surface area contributed by atoms with Crippen LogP contribution in [-0.4, -0.2) is 6.54 Å². The Morgan fingerprint density at radius 3 is 1.83 bits per heavy atom. The monoisotopic (exact) mass is 171 g/mol. The molecule has 0 saturated carbocycles. The van der Waals surface area contributed by atoms with Gasteiger partial charge in [-0.25, -0.2) is 0 Å². The highest BCUT2D eigenvalue weighted by Crippen LogP contribution is 2.22. The minimum atomic E-state index is 0.798. The molecule has 0 bridgehead atoms. The lowest BCUT2D eigenvalue weighted by Crippen LogP contribution is -2.14. The van der Waals surface area contributed by atoms with E-state index >= 15 is 0 Å². The first-order valence-corrected chi connectivity index (χ1v) is 5.28. The second kappa shape index (κ2) is 6.47. The van der Waals surface area contributed by atoms with Gasteiger partial charge in [-0.15, -0.1) is 0 Å². The Kier molecular flexibility index (Phi) is 6.45. The standard InChI is InChI=1S/C11H25N/c1-9(2)5-6-11(7-8-12)10(3)4/h9-11H,5-8,12H2,1-4H3. The van der Waals surface area contributed by atoms with E-state index in [1.807, 2.05) is 0 Å². The minimum Gasteiger partial charge on any atom is -0.330 e. The zero-order valence-electron chi connectivity index (χ0n) is 9.14. The molecule has 0 heterocycles. The van der Waals surface area contributed by atoms with Crippen molar-refractivity contribution in [1.82, 2.24) is 0 Å². The highest BCUT2D eigenvalue weighted by Gasteiger charge is 2.12. The normalized spacial score (nSPS) is 14.2. The first-order valence-electron chi connectivity index (χ1n) is 5.28. The van der Waals surface area contributed by atoms with Gasteiger partial charge >= 0.3 is 0 Å². The number of nitrogens with two attached hydrogens (primary N) is 1. The van der Waals surface area contributed by atoms with Gasteiger partial charge in [0, 0.05) is 0 Å². The average molecular weight is 171 g/mol. The first-order chi connectivity index (χ1) is 5.57. The van der Waals surface area contributed by atoms with Crippen molar-refractivity contribution in [2.45, 2.75) is 47.0 Å². The highest BCUT2D eigenvalue weighted by molar-refractivity contribution is 4.64. The van der Waals surface area contributed by atoms with Gasteiger partial charge in [-0.2, -0.15) is 0 Å². The van der Waals surface area contributed by atoms with Gasteiger partial charge in [0.1, 0.15) is 0 Å². The lowest BCUT2D eigenvalue weighted by atomic mass is 9.86. The van der Waals surface area contributed by atoms with Crippen molar-refractivity contribution in [3.8, 4) is 0 Å². The third-order valence-corrected chi connectivity index (χ3v) is 2.60. The number of rotatable bonds is 6. The van der Waals surface area contributed by atoms with Crippen LogP contribution in [0.3, 0.4) is 0 Å². The lowest BCUT2D eigenvalue weighted by Gasteiger charge is -2.20. The van der Waals surface area contributed by atoms with Gasteiger partial charge < -0.3 is 5.73 Å². The van der Waals surface area contributed by atoms with Crippen LogP contribution in [0.15, 0.2) is 0 Å². The molecule has 0 aliphatic rings. The molecule has 0 radical (unpaired) electrons. The second-order valence-corrected chi connectivity index (χ2v) is 4.55. The zero-order chi connectivity index (χ0) is 9.56. The van der Waals surface area contributed by atoms with Crippen LogP contribution in [0.2, 0.25) is 0 Å². The molecule has 0 fully saturated rings. The predicted octanol–water partition coefficient (Wildman–Crippen LogP) is 3.04. The molecular formula is C11H25N. The minimum absolute atomic E-state index is 0.798. The summed E-state index contributed by atoms with van der Waals surface area (Å²) in [5.74, 6) is 2.48. The van der Waals surface area contributed by atoms with Crippen LogP contribution in [0.5, 0.6) is 0 Å². The molecule has 1 atom stereocenters. The van der Waals surface area contributed by atoms with Crippen LogP contribution in [0.25, 0.3) is 0 Å². The van der Waals surface area contributed by atoms with E-state index < -0.39 is 0 Å². The summed E-state index contributed by atoms with van der Waals surface area (Å²) in [6, 6.07) is 0. The van der Waals surface area contributed by atoms with Crippen molar-refractivity contribution in [2.24, 2.45) is 23.5 Å². The molecule has 1 unspecified atom stereocenters. The van der Waals surface area contributed by atoms with E-state index in [-0.39, 0.29) is 0 Å². The van der Waals surface area contributed by atoms with Gasteiger partial charge in [0.15, 0.2) is 0 Å². The molecule has 0 aliphatic heterocycles. The Morgan fingerprint density at radius 2 is 1.50 bits per heavy atom. The average Bonchev–Trinajstić information content (AvgIpc) is 1.96. The van der Waals surface area contributed by atoms with E-state index in [4.69, 9.17) is 5.73 Å². The fourth-order valence-electron chi connectivity index (χ4n) is 1.57. The van der Waals surface area contributed by atoms with Crippen molar-refractivity contribution in [3.63, 3.8) is 0 Å². The Labute approximate surface area is 77.7 Å². The molecule has 0 rings (SSSR count). The zero-order valence-corrected chi connectivity index (χ0v) is 9.14. The summed E-state index contributed by atoms with van der Waals surface area (Å²) in [6.07, 6.45) is 3.90. The fourth-order valence-corrected chi connectivity index (χ4v) is 1.57. The molecule has 0 aliphatic carbocycles. The maximum atomic E-state index is 5.57. The van der Waals surface area contributed by atoms with Crippen molar-refractivity contribution >= 4 is 0 Å². The van der Waals surface area contributed by atoms with E-state index in [9.17, 15) is 0 Å². The van der Waals surface area contributed by atoms with Gasteiger partial charge in [0.05, 0.1) is 0 Å². The Hall–Kier alpha value is -0.0400. The summed E-state index contributed by atoms with van der Waals surface area (Å²) in [5, 5.41) is 0. The third kappa shape index (κ3) is 5.59. The summed E-state index contributed by atoms with van der Waals surface area (Å²) in [7, 11) is 0. The Bertz CT molecular complexity index is 97.2. The molecule has 2 N–H and O–H groups in total. The molecule has 12 heavy (non-hydrogen) atoms. The van der Waals surface area contributed by atoms with Crippen LogP contribution in [0, 0.1) is 17.8 Å². The smallest absolute Gasteiger partial charge is 0.00745 e. The van der Waals surface area contributed by atoms with E-state index in [0.29, 0.717) is 0 Å². The number of hydrogen-bond acceptors (Lipinski definition) is 1. The van der Waals surface area contributed by atoms with Crippen LogP contribution >= 0.6 is 0 Å². The molecule has 1 nitrogen and oxygen atoms in total. The number of hydrogen-bond donors (Lipinski definition) is 1. The Morgan fingerprint density at radius 1 is 0.917 bits per heavy atom. The van der Waals surface area contributed by atoms with Crippen molar-refractivity contribution < 1.29 is 0 Å². The molecule has 74 valence electrons. The van der Waals surface area contributed by atoms with Crippen molar-refractivity contribution in [1.29, 1.82) is 0 Å². The maximum absolute atomic E-state index is 5.57. The summed E-state index contributed by atoms with van der Waals surface area (Å²) in [4.78, 5) is 0. The first kappa shape index (κ1) is 12.0. The summed E-state index contributed by atoms with van der Waals surface area (Å²) >= 11 is 0. The van der Waals surface area contributed by atoms with E-state index in [0.717, 1.165) is 24.3 Å². The summed E-state index contributed by atoms with van der Waals surface area (Å²) in [5.41, 5.74) is 5.57. The molecule has 0 aromatic carbocycles. The largest absolute Gasteiger partial charge is 0.330 e. The molecule has 0 aromatic heterocycles. The van der Waals surface area contributed by atoms with Crippen LogP contribution in [-0.2, 0) is 0 Å². The quantitative estimate of drug-likeness (QED) is 0.653. The van der Waals surface area contributed by atoms with E-state index in [1.165, 1.54) is 19.3 Å². The molecule has 0 aromatic rings. The second-order valence-electron chi connectivity index (χ2n) is 4.55. The lowest BCUT2D eigenvalue weighted by molar-refractivity contribution is 0.316. The van der Waals surface area contributed by atoms with E-state index in [1.54, 1.807) is 0 Å². The molecular weight excluding hydrogens is 146 g/mol.